The summed E-state index contributed by atoms with van der Waals surface area (Å²) in [4.78, 5) is 126. The second kappa shape index (κ2) is 38.8. The van der Waals surface area contributed by atoms with Crippen LogP contribution in [-0.2, 0) is 52.5 Å². The fraction of sp³-hybridized carbons (Fsp3) is 0.526. The van der Waals surface area contributed by atoms with E-state index in [1.165, 1.54) is 38.3 Å². The van der Waals surface area contributed by atoms with Crippen molar-refractivity contribution < 1.29 is 99.7 Å². The highest BCUT2D eigenvalue weighted by molar-refractivity contribution is 6.13. The van der Waals surface area contributed by atoms with Crippen LogP contribution in [-0.4, -0.2) is 155 Å². The van der Waals surface area contributed by atoms with Crippen molar-refractivity contribution in [1.82, 2.24) is 31.4 Å². The second-order valence-electron chi connectivity index (χ2n) is 20.0. The Bertz CT molecular complexity index is 2910. The number of nitrogens with zero attached hydrogens (tertiary/aromatic N) is 3. The van der Waals surface area contributed by atoms with E-state index < -0.39 is 160 Å². The van der Waals surface area contributed by atoms with Crippen molar-refractivity contribution in [3.05, 3.63) is 92.4 Å². The third-order valence-corrected chi connectivity index (χ3v) is 13.9. The van der Waals surface area contributed by atoms with Gasteiger partial charge in [-0.1, -0.05) is 44.9 Å². The number of amides is 5. The van der Waals surface area contributed by atoms with E-state index in [0.717, 1.165) is 12.1 Å². The maximum atomic E-state index is 14.7. The molecule has 0 aromatic heterocycles. The molecule has 9 N–H and O–H groups in total. The molecule has 0 fully saturated rings. The van der Waals surface area contributed by atoms with Crippen LogP contribution in [0.1, 0.15) is 109 Å². The number of halogens is 5. The first-order valence-corrected chi connectivity index (χ1v) is 28.4. The lowest BCUT2D eigenvalue weighted by atomic mass is 9.79. The Morgan fingerprint density at radius 3 is 1.60 bits per heavy atom. The van der Waals surface area contributed by atoms with Gasteiger partial charge in [0.05, 0.1) is 43.1 Å². The average molecular weight is 1270 g/mol. The number of ether oxygens (including phenoxy) is 5. The van der Waals surface area contributed by atoms with Gasteiger partial charge in [0, 0.05) is 80.2 Å². The monoisotopic (exact) mass is 1270 g/mol. The van der Waals surface area contributed by atoms with Crippen LogP contribution in [0.3, 0.4) is 0 Å². The van der Waals surface area contributed by atoms with Crippen molar-refractivity contribution >= 4 is 70.7 Å². The molecule has 0 heterocycles. The molecule has 31 heteroatoms. The molecule has 26 nitrogen and oxygen atoms in total. The van der Waals surface area contributed by atoms with Crippen LogP contribution in [0.5, 0.6) is 17.2 Å². The molecule has 5 amide bonds. The zero-order valence-electron chi connectivity index (χ0n) is 49.2. The smallest absolute Gasteiger partial charge is 0.309 e. The Hall–Kier alpha value is -8.31. The van der Waals surface area contributed by atoms with Crippen LogP contribution in [0.15, 0.2) is 41.5 Å². The summed E-state index contributed by atoms with van der Waals surface area (Å²) in [7, 11) is 1.48. The number of phenols is 3. The Morgan fingerprint density at radius 1 is 0.557 bits per heavy atom. The van der Waals surface area contributed by atoms with Crippen molar-refractivity contribution in [3.8, 4) is 17.2 Å². The highest BCUT2D eigenvalue weighted by Crippen LogP contribution is 2.38. The Balaban J connectivity index is 1.95. The van der Waals surface area contributed by atoms with Crippen LogP contribution >= 0.6 is 11.8 Å². The van der Waals surface area contributed by atoms with Gasteiger partial charge in [-0.05, 0) is 86.5 Å². The van der Waals surface area contributed by atoms with Gasteiger partial charge in [0.1, 0.15) is 31.1 Å². The lowest BCUT2D eigenvalue weighted by Gasteiger charge is -2.28. The predicted molar refractivity (Wildman–Crippen MR) is 305 cm³/mol. The summed E-state index contributed by atoms with van der Waals surface area (Å²) in [5.74, 6) is -24.6. The molecule has 3 aromatic rings. The average Bonchev–Trinajstić information content (AvgIpc) is 2.68. The van der Waals surface area contributed by atoms with Crippen molar-refractivity contribution in [2.75, 3.05) is 86.0 Å². The minimum Gasteiger partial charge on any atom is -0.504 e. The number of azide groups is 1. The number of aromatic hydroxyl groups is 3. The Morgan fingerprint density at radius 2 is 1.05 bits per heavy atom. The predicted octanol–water partition coefficient (Wildman–Crippen LogP) is 5.58. The van der Waals surface area contributed by atoms with E-state index in [4.69, 9.17) is 41.0 Å². The maximum Gasteiger partial charge on any atom is 0.309 e. The molecule has 0 saturated carbocycles. The Labute approximate surface area is 509 Å². The molecule has 0 bridgehead atoms. The number of hydrogen-bond acceptors (Lipinski definition) is 19. The topological polar surface area (TPSA) is 381 Å². The molecule has 0 radical (unpaired) electrons. The summed E-state index contributed by atoms with van der Waals surface area (Å²) in [5.41, 5.74) is 4.95. The summed E-state index contributed by atoms with van der Waals surface area (Å²) < 4.78 is 84.9. The van der Waals surface area contributed by atoms with Crippen molar-refractivity contribution in [1.29, 1.82) is 0 Å². The first kappa shape index (κ1) is 73.9. The van der Waals surface area contributed by atoms with Crippen LogP contribution in [0, 0.1) is 58.8 Å². The number of methoxy groups -OCH3 is 1. The molecule has 0 spiro atoms. The largest absolute Gasteiger partial charge is 0.504 e. The van der Waals surface area contributed by atoms with E-state index >= 15 is 0 Å². The van der Waals surface area contributed by atoms with E-state index in [9.17, 15) is 76.0 Å². The highest BCUT2D eigenvalue weighted by atomic mass is 35.5. The van der Waals surface area contributed by atoms with Gasteiger partial charge in [-0.3, -0.25) is 43.2 Å². The van der Waals surface area contributed by atoms with Gasteiger partial charge in [-0.25, -0.2) is 22.4 Å². The second-order valence-corrected chi connectivity index (χ2v) is 20.3. The zero-order chi connectivity index (χ0) is 65.5. The molecule has 0 aliphatic rings. The van der Waals surface area contributed by atoms with Crippen LogP contribution in [0.25, 0.3) is 10.4 Å². The number of ketones is 1. The lowest BCUT2D eigenvalue weighted by Crippen LogP contribution is -2.43. The summed E-state index contributed by atoms with van der Waals surface area (Å²) in [5, 5.41) is 44.9. The van der Waals surface area contributed by atoms with Gasteiger partial charge in [0.2, 0.25) is 23.5 Å². The SMILES string of the molecule is CCC(C)C(=O)OCCOC(=O)C(CC(C)C(=O)OCCOCCOC)CC(CC(CC(CC)C(=O)NCCNC(=O)c1c(F)c(F)c(N=[N+]=[N-])c(F)c1F)C(=O)NCCNC(=O)c1ccc(C(=O)c2ccc(O)c(O)c2O)cc1)C(=O)NCCCNCl. The van der Waals surface area contributed by atoms with Gasteiger partial charge in [-0.2, -0.15) is 0 Å². The zero-order valence-corrected chi connectivity index (χ0v) is 49.9. The molecular weight excluding hydrogens is 1190 g/mol. The lowest BCUT2D eigenvalue weighted by molar-refractivity contribution is -0.159. The molecule has 88 heavy (non-hydrogen) atoms. The number of benzene rings is 3. The van der Waals surface area contributed by atoms with Crippen LogP contribution in [0.2, 0.25) is 0 Å². The molecule has 0 aliphatic heterocycles. The molecule has 6 unspecified atom stereocenters. The number of nitrogens with one attached hydrogen (secondary N) is 6. The van der Waals surface area contributed by atoms with Crippen molar-refractivity contribution in [3.63, 3.8) is 0 Å². The fourth-order valence-electron chi connectivity index (χ4n) is 8.57. The van der Waals surface area contributed by atoms with E-state index in [1.807, 2.05) is 5.32 Å². The molecule has 0 saturated heterocycles. The van der Waals surface area contributed by atoms with Crippen LogP contribution in [0.4, 0.5) is 23.2 Å². The summed E-state index contributed by atoms with van der Waals surface area (Å²) in [6, 6.07) is 7.24. The molecule has 3 rings (SSSR count). The number of esters is 3. The van der Waals surface area contributed by atoms with Gasteiger partial charge in [0.15, 0.2) is 40.6 Å². The fourth-order valence-corrected chi connectivity index (χ4v) is 8.70. The third-order valence-electron chi connectivity index (χ3n) is 13.7. The molecule has 6 atom stereocenters. The van der Waals surface area contributed by atoms with E-state index in [1.54, 1.807) is 20.8 Å². The number of carbonyl (C=O) groups excluding carboxylic acids is 9. The summed E-state index contributed by atoms with van der Waals surface area (Å²) >= 11 is 5.66. The van der Waals surface area contributed by atoms with E-state index in [0.29, 0.717) is 12.8 Å². The molecule has 484 valence electrons. The normalized spacial score (nSPS) is 13.0. The number of hydrogen-bond donors (Lipinski definition) is 9. The van der Waals surface area contributed by atoms with Gasteiger partial charge < -0.3 is 65.6 Å². The molecular formula is C57H74ClF4N9O17. The number of phenolic OH excluding ortho intramolecular Hbond substituents is 3. The summed E-state index contributed by atoms with van der Waals surface area (Å²) in [6.07, 6.45) is -0.473. The van der Waals surface area contributed by atoms with E-state index in [2.05, 4.69) is 36.1 Å². The van der Waals surface area contributed by atoms with E-state index in [-0.39, 0.29) is 108 Å². The number of carbonyl (C=O) groups is 9. The molecule has 0 aliphatic carbocycles. The van der Waals surface area contributed by atoms with Crippen LogP contribution < -0.4 is 31.4 Å². The quantitative estimate of drug-likeness (QED) is 0.00286. The Kier molecular flexibility index (Phi) is 32.6. The van der Waals surface area contributed by atoms with Gasteiger partial charge in [-0.15, -0.1) is 0 Å². The number of rotatable bonds is 40. The first-order valence-electron chi connectivity index (χ1n) is 28.1. The summed E-state index contributed by atoms with van der Waals surface area (Å²) in [6.45, 7) is 4.99. The van der Waals surface area contributed by atoms with Crippen molar-refractivity contribution in [2.24, 2.45) is 40.6 Å². The highest BCUT2D eigenvalue weighted by Gasteiger charge is 2.37. The standard InChI is InChI=1S/C57H74ClF4N9O17/c1-6-31(3)55(81)87-25-26-88-57(83)38(27-32(4)56(82)86-24-23-85-22-21-84-5)30-37(52(78)64-15-8-16-69-58)29-36(28-33(7-2)50(76)65-19-20-68-54(80)41-42(59)44(61)46(70-71-63)45(62)43(41)60)53(79)67-18-17-66-51(77)35-11-9-34(10-12-35)47(73)39-13-14-40(72)49(75)48(39)74/h9-14,31-33,36-38,69,72,74-75H,6-8,15-30H2,1-5H3,(H,64,78)(H,65,76)(H,66,77)(H,67,79)(H,68,80). The van der Waals surface area contributed by atoms with Gasteiger partial charge in [0.25, 0.3) is 11.8 Å². The maximum absolute atomic E-state index is 14.7. The molecule has 3 aromatic carbocycles. The third kappa shape index (κ3) is 23.1. The minimum absolute atomic E-state index is 0.00642. The first-order chi connectivity index (χ1) is 42.0. The minimum atomic E-state index is -2.16. The van der Waals surface area contributed by atoms with Crippen molar-refractivity contribution in [2.45, 2.75) is 72.6 Å². The van der Waals surface area contributed by atoms with Gasteiger partial charge >= 0.3 is 17.9 Å².